The molecule has 0 aromatic rings. The van der Waals surface area contributed by atoms with Crippen LogP contribution in [-0.2, 0) is 0 Å². The van der Waals surface area contributed by atoms with Gasteiger partial charge in [-0.05, 0) is 0 Å². The summed E-state index contributed by atoms with van der Waals surface area (Å²) in [6.07, 6.45) is 1.64. The van der Waals surface area contributed by atoms with Gasteiger partial charge in [-0.3, -0.25) is 0 Å². The van der Waals surface area contributed by atoms with Crippen LogP contribution in [0, 0.1) is 0 Å². The first kappa shape index (κ1) is 2.70. The molecule has 2 heteroatoms. The molecule has 5 heavy (non-hydrogen) atoms. The predicted octanol–water partition coefficient (Wildman–Crippen LogP) is -0.280. The third-order valence-corrected chi connectivity index (χ3v) is 0.534. The van der Waals surface area contributed by atoms with E-state index in [9.17, 15) is 0 Å². The van der Waals surface area contributed by atoms with Crippen molar-refractivity contribution in [3.05, 3.63) is 12.1 Å². The minimum absolute atomic E-state index is 0.380. The predicted molar refractivity (Wildman–Crippen MR) is 21.8 cm³/mol. The molecule has 0 bridgehead atoms. The zero-order valence-corrected chi connectivity index (χ0v) is 2.68. The summed E-state index contributed by atoms with van der Waals surface area (Å²) in [4.78, 5) is 0. The van der Waals surface area contributed by atoms with E-state index >= 15 is 0 Å². The SMILES string of the molecule is OC1=BC=C1. The Kier molecular flexibility index (Phi) is 0.383. The van der Waals surface area contributed by atoms with Crippen molar-refractivity contribution in [2.45, 2.75) is 0 Å². The fourth-order valence-electron chi connectivity index (χ4n) is 0.182. The molecule has 24 valence electrons. The molecular weight excluding hydrogens is 62.8 g/mol. The Bertz CT molecular complexity index is 93.1. The molecular formula is C3H3BO. The van der Waals surface area contributed by atoms with Crippen LogP contribution in [0.25, 0.3) is 0 Å². The van der Waals surface area contributed by atoms with Crippen molar-refractivity contribution in [3.8, 4) is 0 Å². The number of aliphatic hydroxyl groups excluding tert-OH is 1. The Morgan fingerprint density at radius 3 is 2.20 bits per heavy atom. The average molecular weight is 65.9 g/mol. The number of rotatable bonds is 0. The van der Waals surface area contributed by atoms with Crippen molar-refractivity contribution in [1.29, 1.82) is 0 Å². The summed E-state index contributed by atoms with van der Waals surface area (Å²) in [5.74, 6) is 1.79. The molecule has 0 amide bonds. The molecule has 0 spiro atoms. The van der Waals surface area contributed by atoms with Crippen LogP contribution in [0.2, 0.25) is 0 Å². The van der Waals surface area contributed by atoms with Gasteiger partial charge in [0.25, 0.3) is 0 Å². The van der Waals surface area contributed by atoms with Crippen LogP contribution in [0.5, 0.6) is 0 Å². The maximum absolute atomic E-state index is 8.22. The molecule has 0 aromatic heterocycles. The Morgan fingerprint density at radius 1 is 1.80 bits per heavy atom. The second-order valence-electron chi connectivity index (χ2n) is 0.951. The number of hydrogen-bond donors (Lipinski definition) is 1. The molecule has 0 aromatic carbocycles. The van der Waals surface area contributed by atoms with Crippen LogP contribution in [0.4, 0.5) is 0 Å². The van der Waals surface area contributed by atoms with Crippen LogP contribution in [0.3, 0.4) is 0 Å². The van der Waals surface area contributed by atoms with Gasteiger partial charge in [-0.15, -0.1) is 0 Å². The topological polar surface area (TPSA) is 20.2 Å². The first-order valence-electron chi connectivity index (χ1n) is 1.47. The molecule has 0 saturated carbocycles. The molecule has 0 radical (unpaired) electrons. The van der Waals surface area contributed by atoms with E-state index in [2.05, 4.69) is 0 Å². The Morgan fingerprint density at radius 2 is 2.20 bits per heavy atom. The van der Waals surface area contributed by atoms with E-state index in [4.69, 9.17) is 5.11 Å². The monoisotopic (exact) mass is 66.0 g/mol. The van der Waals surface area contributed by atoms with Crippen molar-refractivity contribution in [3.63, 3.8) is 0 Å². The van der Waals surface area contributed by atoms with E-state index in [1.54, 1.807) is 19.0 Å². The van der Waals surface area contributed by atoms with Gasteiger partial charge in [-0.2, -0.15) is 0 Å². The standard InChI is InChI=1S/C3H3BO/c5-3-1-2-4-3/h1-2,5H. The van der Waals surface area contributed by atoms with Crippen LogP contribution in [0.1, 0.15) is 0 Å². The summed E-state index contributed by atoms with van der Waals surface area (Å²) in [6, 6.07) is 0. The number of aliphatic hydroxyl groups is 1. The third kappa shape index (κ3) is 0.252. The van der Waals surface area contributed by atoms with Crippen molar-refractivity contribution < 1.29 is 5.11 Å². The molecule has 1 aliphatic heterocycles. The van der Waals surface area contributed by atoms with Gasteiger partial charge in [-0.1, -0.05) is 0 Å². The average Bonchev–Trinajstić information content (AvgIpc) is 1.30. The van der Waals surface area contributed by atoms with E-state index in [1.807, 2.05) is 0 Å². The number of hydrogen-bond acceptors (Lipinski definition) is 1. The van der Waals surface area contributed by atoms with E-state index in [-0.39, 0.29) is 0 Å². The molecule has 1 N–H and O–H groups in total. The molecule has 1 heterocycles. The zero-order chi connectivity index (χ0) is 3.70. The Balaban J connectivity index is 2.60. The second kappa shape index (κ2) is 0.710. The molecule has 0 saturated heterocycles. The maximum atomic E-state index is 8.22. The summed E-state index contributed by atoms with van der Waals surface area (Å²) in [5.41, 5.74) is 0.380. The molecule has 0 unspecified atom stereocenters. The van der Waals surface area contributed by atoms with E-state index in [0.717, 1.165) is 0 Å². The minimum atomic E-state index is 0.380. The van der Waals surface area contributed by atoms with Crippen molar-refractivity contribution in [2.75, 3.05) is 0 Å². The van der Waals surface area contributed by atoms with Gasteiger partial charge in [0.15, 0.2) is 0 Å². The van der Waals surface area contributed by atoms with E-state index in [1.165, 1.54) is 0 Å². The van der Waals surface area contributed by atoms with Crippen molar-refractivity contribution in [2.24, 2.45) is 0 Å². The fourth-order valence-corrected chi connectivity index (χ4v) is 0.182. The summed E-state index contributed by atoms with van der Waals surface area (Å²) < 4.78 is 0. The molecule has 1 nitrogen and oxygen atoms in total. The van der Waals surface area contributed by atoms with Gasteiger partial charge >= 0.3 is 29.7 Å². The van der Waals surface area contributed by atoms with Gasteiger partial charge in [0.05, 0.1) is 0 Å². The molecule has 1 rings (SSSR count). The normalized spacial score (nSPS) is 15.6. The van der Waals surface area contributed by atoms with Crippen molar-refractivity contribution >= 4 is 12.6 Å². The second-order valence-corrected chi connectivity index (χ2v) is 0.951. The quantitative estimate of drug-likeness (QED) is 0.385. The third-order valence-electron chi connectivity index (χ3n) is 0.534. The van der Waals surface area contributed by atoms with Gasteiger partial charge in [-0.25, -0.2) is 0 Å². The van der Waals surface area contributed by atoms with Gasteiger partial charge in [0.2, 0.25) is 0 Å². The summed E-state index contributed by atoms with van der Waals surface area (Å²) in [6.45, 7) is 1.64. The first-order chi connectivity index (χ1) is 2.39. The zero-order valence-electron chi connectivity index (χ0n) is 2.68. The van der Waals surface area contributed by atoms with Crippen LogP contribution in [0.15, 0.2) is 12.1 Å². The van der Waals surface area contributed by atoms with Gasteiger partial charge in [0, 0.05) is 0 Å². The summed E-state index contributed by atoms with van der Waals surface area (Å²) in [5, 5.41) is 8.22. The Hall–Kier alpha value is -0.525. The van der Waals surface area contributed by atoms with Crippen molar-refractivity contribution in [1.82, 2.24) is 0 Å². The van der Waals surface area contributed by atoms with Crippen LogP contribution >= 0.6 is 0 Å². The van der Waals surface area contributed by atoms with E-state index < -0.39 is 0 Å². The molecule has 1 aliphatic rings. The molecule has 0 atom stereocenters. The molecule has 0 fully saturated rings. The first-order valence-corrected chi connectivity index (χ1v) is 1.47. The summed E-state index contributed by atoms with van der Waals surface area (Å²) in [7, 11) is 0. The van der Waals surface area contributed by atoms with E-state index in [0.29, 0.717) is 5.65 Å². The molecule has 0 aliphatic carbocycles. The van der Waals surface area contributed by atoms with Crippen LogP contribution < -0.4 is 0 Å². The van der Waals surface area contributed by atoms with Crippen LogP contribution in [-0.4, -0.2) is 17.7 Å². The Labute approximate surface area is 30.8 Å². The van der Waals surface area contributed by atoms with Gasteiger partial charge < -0.3 is 0 Å². The van der Waals surface area contributed by atoms with Gasteiger partial charge in [0.1, 0.15) is 0 Å². The summed E-state index contributed by atoms with van der Waals surface area (Å²) >= 11 is 0. The fraction of sp³-hybridized carbons (Fsp3) is 0.